The molecule has 1 aromatic carbocycles. The van der Waals surface area contributed by atoms with Crippen molar-refractivity contribution in [2.75, 3.05) is 0 Å². The zero-order valence-electron chi connectivity index (χ0n) is 10.1. The normalized spacial score (nSPS) is 10.2. The second-order valence-corrected chi connectivity index (χ2v) is 4.60. The van der Waals surface area contributed by atoms with Gasteiger partial charge in [0.05, 0.1) is 20.5 Å². The van der Waals surface area contributed by atoms with E-state index in [1.807, 2.05) is 0 Å². The highest BCUT2D eigenvalue weighted by molar-refractivity contribution is 6.42. The molecule has 1 aromatic heterocycles. The van der Waals surface area contributed by atoms with Gasteiger partial charge in [-0.2, -0.15) is 0 Å². The van der Waals surface area contributed by atoms with Gasteiger partial charge in [0, 0.05) is 24.4 Å². The summed E-state index contributed by atoms with van der Waals surface area (Å²) in [6, 6.07) is 4.60. The number of aromatic carboxylic acids is 1. The number of aromatic nitrogens is 1. The fraction of sp³-hybridized carbons (Fsp3) is 0. The molecular weight excluding hydrogens is 323 g/mol. The number of hydrogen-bond donors (Lipinski definition) is 1. The molecule has 1 heterocycles. The lowest BCUT2D eigenvalue weighted by Gasteiger charge is -2.07. The van der Waals surface area contributed by atoms with Gasteiger partial charge in [-0.05, 0) is 6.07 Å². The van der Waals surface area contributed by atoms with E-state index in [1.54, 1.807) is 0 Å². The van der Waals surface area contributed by atoms with E-state index in [1.165, 1.54) is 12.3 Å². The third kappa shape index (κ3) is 3.39. The molecule has 7 nitrogen and oxygen atoms in total. The lowest BCUT2D eigenvalue weighted by atomic mass is 10.2. The molecule has 1 N–H and O–H groups in total. The van der Waals surface area contributed by atoms with E-state index in [2.05, 4.69) is 4.98 Å². The topological polar surface area (TPSA) is 103 Å². The van der Waals surface area contributed by atoms with Gasteiger partial charge in [0.25, 0.3) is 0 Å². The minimum atomic E-state index is -1.18. The molecule has 0 aliphatic carbocycles. The molecule has 0 fully saturated rings. The van der Waals surface area contributed by atoms with Crippen molar-refractivity contribution in [1.82, 2.24) is 4.98 Å². The molecule has 0 radical (unpaired) electrons. The third-order valence-electron chi connectivity index (χ3n) is 2.39. The molecule has 2 rings (SSSR count). The fourth-order valence-electron chi connectivity index (χ4n) is 1.45. The number of carboxylic acid groups (broad SMARTS) is 1. The van der Waals surface area contributed by atoms with Crippen LogP contribution in [-0.4, -0.2) is 21.0 Å². The van der Waals surface area contributed by atoms with Crippen LogP contribution in [0.2, 0.25) is 10.0 Å². The number of carboxylic acids is 1. The number of carbonyl (C=O) groups is 1. The van der Waals surface area contributed by atoms with Crippen LogP contribution >= 0.6 is 23.2 Å². The van der Waals surface area contributed by atoms with E-state index in [9.17, 15) is 14.9 Å². The maximum absolute atomic E-state index is 11.0. The van der Waals surface area contributed by atoms with Crippen LogP contribution in [0.15, 0.2) is 30.5 Å². The van der Waals surface area contributed by atoms with Crippen LogP contribution in [0.1, 0.15) is 10.4 Å². The Balaban J connectivity index is 2.43. The molecule has 0 aliphatic heterocycles. The Morgan fingerprint density at radius 3 is 2.57 bits per heavy atom. The molecule has 0 amide bonds. The van der Waals surface area contributed by atoms with Crippen LogP contribution in [0, 0.1) is 10.1 Å². The second kappa shape index (κ2) is 5.94. The third-order valence-corrected chi connectivity index (χ3v) is 3.12. The molecule has 0 unspecified atom stereocenters. The number of benzene rings is 1. The van der Waals surface area contributed by atoms with Gasteiger partial charge in [-0.15, -0.1) is 0 Å². The molecule has 2 aromatic rings. The van der Waals surface area contributed by atoms with Crippen molar-refractivity contribution in [1.29, 1.82) is 0 Å². The Kier molecular flexibility index (Phi) is 4.25. The van der Waals surface area contributed by atoms with Crippen molar-refractivity contribution in [3.05, 3.63) is 56.2 Å². The number of ether oxygens (including phenoxy) is 1. The predicted octanol–water partition coefficient (Wildman–Crippen LogP) is 3.79. The van der Waals surface area contributed by atoms with Gasteiger partial charge in [-0.25, -0.2) is 9.78 Å². The lowest BCUT2D eigenvalue weighted by molar-refractivity contribution is -0.385. The summed E-state index contributed by atoms with van der Waals surface area (Å²) in [5.74, 6) is -1.48. The van der Waals surface area contributed by atoms with Gasteiger partial charge < -0.3 is 9.84 Å². The Bertz CT molecular complexity index is 736. The summed E-state index contributed by atoms with van der Waals surface area (Å²) in [4.78, 5) is 24.9. The highest BCUT2D eigenvalue weighted by atomic mass is 35.5. The number of halogens is 2. The molecule has 0 bridgehead atoms. The zero-order chi connectivity index (χ0) is 15.6. The zero-order valence-corrected chi connectivity index (χ0v) is 11.6. The number of nitrogens with zero attached hydrogens (tertiary/aromatic N) is 2. The van der Waals surface area contributed by atoms with Crippen LogP contribution in [0.5, 0.6) is 11.6 Å². The average molecular weight is 329 g/mol. The van der Waals surface area contributed by atoms with Crippen molar-refractivity contribution in [3.63, 3.8) is 0 Å². The predicted molar refractivity (Wildman–Crippen MR) is 74.4 cm³/mol. The first-order valence-electron chi connectivity index (χ1n) is 5.39. The number of pyridine rings is 1. The van der Waals surface area contributed by atoms with Crippen LogP contribution < -0.4 is 4.74 Å². The first-order chi connectivity index (χ1) is 9.88. The van der Waals surface area contributed by atoms with E-state index >= 15 is 0 Å². The molecule has 108 valence electrons. The van der Waals surface area contributed by atoms with Crippen LogP contribution in [0.3, 0.4) is 0 Å². The molecule has 9 heteroatoms. The Morgan fingerprint density at radius 1 is 1.29 bits per heavy atom. The Hall–Kier alpha value is -2.38. The highest BCUT2D eigenvalue weighted by Crippen LogP contribution is 2.37. The van der Waals surface area contributed by atoms with E-state index in [0.29, 0.717) is 0 Å². The first-order valence-corrected chi connectivity index (χ1v) is 6.14. The van der Waals surface area contributed by atoms with Gasteiger partial charge in [0.2, 0.25) is 11.6 Å². The first kappa shape index (κ1) is 15.0. The van der Waals surface area contributed by atoms with Crippen LogP contribution in [-0.2, 0) is 0 Å². The minimum Gasteiger partial charge on any atom is -0.478 e. The molecule has 0 atom stereocenters. The van der Waals surface area contributed by atoms with E-state index in [4.69, 9.17) is 33.0 Å². The number of hydrogen-bond acceptors (Lipinski definition) is 5. The van der Waals surface area contributed by atoms with Gasteiger partial charge in [-0.3, -0.25) is 10.1 Å². The molecule has 0 saturated heterocycles. The van der Waals surface area contributed by atoms with Crippen molar-refractivity contribution in [3.8, 4) is 11.6 Å². The quantitative estimate of drug-likeness (QED) is 0.676. The summed E-state index contributed by atoms with van der Waals surface area (Å²) in [5, 5.41) is 19.9. The smallest absolute Gasteiger partial charge is 0.335 e. The van der Waals surface area contributed by atoms with Crippen molar-refractivity contribution in [2.45, 2.75) is 0 Å². The summed E-state index contributed by atoms with van der Waals surface area (Å²) in [7, 11) is 0. The summed E-state index contributed by atoms with van der Waals surface area (Å²) in [6.45, 7) is 0. The van der Waals surface area contributed by atoms with Gasteiger partial charge >= 0.3 is 11.7 Å². The van der Waals surface area contributed by atoms with E-state index in [-0.39, 0.29) is 27.2 Å². The standard InChI is InChI=1S/C12H6Cl2N2O5/c13-7-4-9(16(19)20)10(5-8(7)14)21-11-3-6(12(17)18)1-2-15-11/h1-5H,(H,17,18). The van der Waals surface area contributed by atoms with Gasteiger partial charge in [0.1, 0.15) is 0 Å². The van der Waals surface area contributed by atoms with Crippen molar-refractivity contribution in [2.24, 2.45) is 0 Å². The second-order valence-electron chi connectivity index (χ2n) is 3.78. The van der Waals surface area contributed by atoms with Gasteiger partial charge in [0.15, 0.2) is 0 Å². The lowest BCUT2D eigenvalue weighted by Crippen LogP contribution is -1.99. The summed E-state index contributed by atoms with van der Waals surface area (Å²) < 4.78 is 5.24. The monoisotopic (exact) mass is 328 g/mol. The fourth-order valence-corrected chi connectivity index (χ4v) is 1.77. The molecule has 21 heavy (non-hydrogen) atoms. The molecular formula is C12H6Cl2N2O5. The molecule has 0 aliphatic rings. The van der Waals surface area contributed by atoms with Gasteiger partial charge in [-0.1, -0.05) is 23.2 Å². The SMILES string of the molecule is O=C(O)c1ccnc(Oc2cc(Cl)c(Cl)cc2[N+](=O)[O-])c1. The van der Waals surface area contributed by atoms with Crippen molar-refractivity contribution >= 4 is 34.9 Å². The highest BCUT2D eigenvalue weighted by Gasteiger charge is 2.20. The number of rotatable bonds is 4. The average Bonchev–Trinajstić information content (AvgIpc) is 2.42. The number of nitro benzene ring substituents is 1. The summed E-state index contributed by atoms with van der Waals surface area (Å²) >= 11 is 11.5. The molecule has 0 spiro atoms. The maximum Gasteiger partial charge on any atom is 0.335 e. The van der Waals surface area contributed by atoms with Crippen LogP contribution in [0.25, 0.3) is 0 Å². The summed E-state index contributed by atoms with van der Waals surface area (Å²) in [6.07, 6.45) is 1.21. The number of nitro groups is 1. The largest absolute Gasteiger partial charge is 0.478 e. The molecule has 0 saturated carbocycles. The Morgan fingerprint density at radius 2 is 1.95 bits per heavy atom. The van der Waals surface area contributed by atoms with E-state index in [0.717, 1.165) is 18.2 Å². The maximum atomic E-state index is 11.0. The van der Waals surface area contributed by atoms with E-state index < -0.39 is 16.6 Å². The van der Waals surface area contributed by atoms with Crippen molar-refractivity contribution < 1.29 is 19.6 Å². The Labute approximate surface area is 127 Å². The van der Waals surface area contributed by atoms with Crippen LogP contribution in [0.4, 0.5) is 5.69 Å². The summed E-state index contributed by atoms with van der Waals surface area (Å²) in [5.41, 5.74) is -0.477. The minimum absolute atomic E-state index is 0.00274.